The molecule has 1 N–H and O–H groups in total. The minimum absolute atomic E-state index is 0.0676. The Morgan fingerprint density at radius 1 is 1.21 bits per heavy atom. The molecule has 2 rings (SSSR count). The second-order valence-corrected chi connectivity index (χ2v) is 6.54. The first kappa shape index (κ1) is 18.1. The summed E-state index contributed by atoms with van der Waals surface area (Å²) in [6.07, 6.45) is 3.36. The second-order valence-electron chi connectivity index (χ2n) is 5.44. The number of amides is 1. The van der Waals surface area contributed by atoms with E-state index < -0.39 is 0 Å². The molecule has 0 spiro atoms. The maximum Gasteiger partial charge on any atom is 0.244 e. The summed E-state index contributed by atoms with van der Waals surface area (Å²) >= 11 is 1.82. The van der Waals surface area contributed by atoms with Gasteiger partial charge in [0.15, 0.2) is 0 Å². The van der Waals surface area contributed by atoms with Crippen molar-refractivity contribution in [2.75, 3.05) is 19.4 Å². The Morgan fingerprint density at radius 2 is 2.00 bits per heavy atom. The standard InChI is InChI=1S/C20H23NO2S/c1-16-4-3-5-18(14-16)15-24-13-12-21-20(22)11-8-17-6-9-19(23-2)10-7-17/h3-11,14H,12-13,15H2,1-2H3,(H,21,22). The Balaban J connectivity index is 1.64. The first-order valence-corrected chi connectivity index (χ1v) is 9.06. The number of ether oxygens (including phenoxy) is 1. The van der Waals surface area contributed by atoms with Gasteiger partial charge in [-0.2, -0.15) is 11.8 Å². The van der Waals surface area contributed by atoms with Gasteiger partial charge in [0.05, 0.1) is 7.11 Å². The van der Waals surface area contributed by atoms with E-state index >= 15 is 0 Å². The van der Waals surface area contributed by atoms with Crippen LogP contribution < -0.4 is 10.1 Å². The number of carbonyl (C=O) groups is 1. The van der Waals surface area contributed by atoms with Gasteiger partial charge in [-0.05, 0) is 36.3 Å². The molecule has 2 aromatic rings. The second kappa shape index (κ2) is 9.83. The van der Waals surface area contributed by atoms with Crippen LogP contribution in [0.2, 0.25) is 0 Å². The Morgan fingerprint density at radius 3 is 2.71 bits per heavy atom. The smallest absolute Gasteiger partial charge is 0.244 e. The number of benzene rings is 2. The van der Waals surface area contributed by atoms with Crippen LogP contribution in [0, 0.1) is 6.92 Å². The van der Waals surface area contributed by atoms with Gasteiger partial charge in [0.1, 0.15) is 5.75 Å². The lowest BCUT2D eigenvalue weighted by molar-refractivity contribution is -0.116. The third kappa shape index (κ3) is 6.50. The predicted octanol–water partition coefficient (Wildman–Crippen LogP) is 4.07. The van der Waals surface area contributed by atoms with E-state index in [1.165, 1.54) is 11.1 Å². The van der Waals surface area contributed by atoms with Crippen molar-refractivity contribution >= 4 is 23.7 Å². The van der Waals surface area contributed by atoms with Gasteiger partial charge >= 0.3 is 0 Å². The molecule has 0 aliphatic heterocycles. The monoisotopic (exact) mass is 341 g/mol. The normalized spacial score (nSPS) is 10.8. The molecule has 0 radical (unpaired) electrons. The lowest BCUT2D eigenvalue weighted by Crippen LogP contribution is -2.23. The van der Waals surface area contributed by atoms with Gasteiger partial charge in [-0.25, -0.2) is 0 Å². The van der Waals surface area contributed by atoms with Gasteiger partial charge < -0.3 is 10.1 Å². The van der Waals surface area contributed by atoms with E-state index in [1.807, 2.05) is 36.0 Å². The molecular weight excluding hydrogens is 318 g/mol. The number of methoxy groups -OCH3 is 1. The maximum absolute atomic E-state index is 11.8. The number of hydrogen-bond acceptors (Lipinski definition) is 3. The van der Waals surface area contributed by atoms with Crippen molar-refractivity contribution in [2.45, 2.75) is 12.7 Å². The van der Waals surface area contributed by atoms with Gasteiger partial charge in [-0.1, -0.05) is 42.0 Å². The molecule has 3 nitrogen and oxygen atoms in total. The number of nitrogens with one attached hydrogen (secondary N) is 1. The third-order valence-corrected chi connectivity index (χ3v) is 4.47. The van der Waals surface area contributed by atoms with E-state index in [4.69, 9.17) is 4.74 Å². The SMILES string of the molecule is COc1ccc(C=CC(=O)NCCSCc2cccc(C)c2)cc1. The van der Waals surface area contributed by atoms with Crippen molar-refractivity contribution in [1.29, 1.82) is 0 Å². The third-order valence-electron chi connectivity index (χ3n) is 3.44. The molecule has 0 unspecified atom stereocenters. The Hall–Kier alpha value is -2.20. The van der Waals surface area contributed by atoms with Crippen LogP contribution in [-0.2, 0) is 10.5 Å². The average Bonchev–Trinajstić information content (AvgIpc) is 2.60. The fourth-order valence-corrected chi connectivity index (χ4v) is 2.99. The van der Waals surface area contributed by atoms with Gasteiger partial charge in [0.2, 0.25) is 5.91 Å². The number of hydrogen-bond donors (Lipinski definition) is 1. The lowest BCUT2D eigenvalue weighted by atomic mass is 10.2. The van der Waals surface area contributed by atoms with Crippen molar-refractivity contribution < 1.29 is 9.53 Å². The van der Waals surface area contributed by atoms with Crippen molar-refractivity contribution in [2.24, 2.45) is 0 Å². The highest BCUT2D eigenvalue weighted by Crippen LogP contribution is 2.13. The Labute approximate surface area is 148 Å². The molecule has 0 aromatic heterocycles. The van der Waals surface area contributed by atoms with E-state index in [0.29, 0.717) is 6.54 Å². The molecule has 2 aromatic carbocycles. The molecule has 0 heterocycles. The van der Waals surface area contributed by atoms with E-state index in [9.17, 15) is 4.79 Å². The summed E-state index contributed by atoms with van der Waals surface area (Å²) in [5.74, 6) is 2.61. The quantitative estimate of drug-likeness (QED) is 0.581. The lowest BCUT2D eigenvalue weighted by Gasteiger charge is -2.04. The first-order valence-electron chi connectivity index (χ1n) is 7.90. The van der Waals surface area contributed by atoms with Crippen LogP contribution in [0.4, 0.5) is 0 Å². The molecule has 24 heavy (non-hydrogen) atoms. The number of aryl methyl sites for hydroxylation is 1. The summed E-state index contributed by atoms with van der Waals surface area (Å²) in [5.41, 5.74) is 3.58. The van der Waals surface area contributed by atoms with E-state index in [2.05, 4.69) is 36.5 Å². The molecule has 0 aliphatic rings. The van der Waals surface area contributed by atoms with Gasteiger partial charge in [0.25, 0.3) is 0 Å². The number of carbonyl (C=O) groups excluding carboxylic acids is 1. The van der Waals surface area contributed by atoms with Crippen LogP contribution in [0.25, 0.3) is 6.08 Å². The van der Waals surface area contributed by atoms with E-state index in [1.54, 1.807) is 19.3 Å². The maximum atomic E-state index is 11.8. The number of rotatable bonds is 8. The van der Waals surface area contributed by atoms with Crippen LogP contribution >= 0.6 is 11.8 Å². The van der Waals surface area contributed by atoms with Crippen molar-refractivity contribution in [3.05, 3.63) is 71.3 Å². The van der Waals surface area contributed by atoms with Crippen molar-refractivity contribution in [3.8, 4) is 5.75 Å². The van der Waals surface area contributed by atoms with Crippen molar-refractivity contribution in [1.82, 2.24) is 5.32 Å². The molecule has 0 saturated carbocycles. The molecule has 0 aliphatic carbocycles. The highest BCUT2D eigenvalue weighted by Gasteiger charge is 1.97. The predicted molar refractivity (Wildman–Crippen MR) is 102 cm³/mol. The van der Waals surface area contributed by atoms with Crippen molar-refractivity contribution in [3.63, 3.8) is 0 Å². The highest BCUT2D eigenvalue weighted by atomic mass is 32.2. The van der Waals surface area contributed by atoms with Crippen LogP contribution in [0.15, 0.2) is 54.6 Å². The van der Waals surface area contributed by atoms with Crippen LogP contribution in [-0.4, -0.2) is 25.3 Å². The summed E-state index contributed by atoms with van der Waals surface area (Å²) in [6.45, 7) is 2.77. The summed E-state index contributed by atoms with van der Waals surface area (Å²) in [6, 6.07) is 16.1. The summed E-state index contributed by atoms with van der Waals surface area (Å²) in [5, 5.41) is 2.90. The van der Waals surface area contributed by atoms with Crippen LogP contribution in [0.3, 0.4) is 0 Å². The minimum Gasteiger partial charge on any atom is -0.497 e. The van der Waals surface area contributed by atoms with E-state index in [0.717, 1.165) is 22.8 Å². The summed E-state index contributed by atoms with van der Waals surface area (Å²) in [4.78, 5) is 11.8. The molecule has 126 valence electrons. The van der Waals surface area contributed by atoms with Crippen LogP contribution in [0.1, 0.15) is 16.7 Å². The summed E-state index contributed by atoms with van der Waals surface area (Å²) < 4.78 is 5.10. The average molecular weight is 341 g/mol. The summed E-state index contributed by atoms with van der Waals surface area (Å²) in [7, 11) is 1.63. The van der Waals surface area contributed by atoms with Gasteiger partial charge in [0, 0.05) is 24.1 Å². The molecule has 0 bridgehead atoms. The Bertz CT molecular complexity index is 680. The zero-order valence-electron chi connectivity index (χ0n) is 14.1. The van der Waals surface area contributed by atoms with E-state index in [-0.39, 0.29) is 5.91 Å². The molecule has 4 heteroatoms. The molecule has 1 amide bonds. The molecule has 0 saturated heterocycles. The molecule has 0 atom stereocenters. The fraction of sp³-hybridized carbons (Fsp3) is 0.250. The number of thioether (sulfide) groups is 1. The van der Waals surface area contributed by atoms with Crippen LogP contribution in [0.5, 0.6) is 5.75 Å². The zero-order chi connectivity index (χ0) is 17.2. The minimum atomic E-state index is -0.0676. The first-order chi connectivity index (χ1) is 11.7. The molecular formula is C20H23NO2S. The highest BCUT2D eigenvalue weighted by molar-refractivity contribution is 7.98. The van der Waals surface area contributed by atoms with Gasteiger partial charge in [-0.15, -0.1) is 0 Å². The molecule has 0 fully saturated rings. The zero-order valence-corrected chi connectivity index (χ0v) is 14.9. The van der Waals surface area contributed by atoms with Gasteiger partial charge in [-0.3, -0.25) is 4.79 Å². The fourth-order valence-electron chi connectivity index (χ4n) is 2.18. The largest absolute Gasteiger partial charge is 0.497 e. The Kier molecular flexibility index (Phi) is 7.43. The topological polar surface area (TPSA) is 38.3 Å².